The molecule has 0 bridgehead atoms. The molecule has 2 aromatic rings. The lowest BCUT2D eigenvalue weighted by Gasteiger charge is -2.17. The fourth-order valence-corrected chi connectivity index (χ4v) is 1.72. The maximum atomic E-state index is 9.25. The van der Waals surface area contributed by atoms with Crippen LogP contribution in [0.4, 0.5) is 5.69 Å². The predicted octanol–water partition coefficient (Wildman–Crippen LogP) is 2.14. The first-order chi connectivity index (χ1) is 9.00. The summed E-state index contributed by atoms with van der Waals surface area (Å²) in [6.07, 6.45) is 1.94. The summed E-state index contributed by atoms with van der Waals surface area (Å²) in [4.78, 5) is 0. The van der Waals surface area contributed by atoms with Gasteiger partial charge < -0.3 is 10.4 Å². The number of aliphatic hydroxyl groups is 1. The number of rotatable bonds is 4. The maximum Gasteiger partial charge on any atom is 0.102 e. The summed E-state index contributed by atoms with van der Waals surface area (Å²) in [7, 11) is 0. The lowest BCUT2D eigenvalue weighted by molar-refractivity contribution is 0.282. The Balaban J connectivity index is 2.05. The minimum atomic E-state index is -0.0613. The molecule has 0 saturated heterocycles. The van der Waals surface area contributed by atoms with E-state index >= 15 is 0 Å². The van der Waals surface area contributed by atoms with Crippen LogP contribution in [0, 0.1) is 0 Å². The van der Waals surface area contributed by atoms with Crippen LogP contribution in [0.3, 0.4) is 0 Å². The van der Waals surface area contributed by atoms with Crippen LogP contribution in [0.25, 0.3) is 0 Å². The van der Waals surface area contributed by atoms with E-state index in [4.69, 9.17) is 0 Å². The highest BCUT2D eigenvalue weighted by Crippen LogP contribution is 2.16. The van der Waals surface area contributed by atoms with Crippen molar-refractivity contribution < 1.29 is 5.11 Å². The Labute approximate surface area is 113 Å². The molecule has 0 spiro atoms. The second kappa shape index (κ2) is 5.40. The Morgan fingerprint density at radius 1 is 1.26 bits per heavy atom. The third kappa shape index (κ3) is 3.32. The van der Waals surface area contributed by atoms with Crippen molar-refractivity contribution in [3.63, 3.8) is 0 Å². The first-order valence-electron chi connectivity index (χ1n) is 6.35. The van der Waals surface area contributed by atoms with Gasteiger partial charge in [0.25, 0.3) is 0 Å². The van der Waals surface area contributed by atoms with E-state index in [2.05, 4.69) is 36.4 Å². The van der Waals surface area contributed by atoms with E-state index in [1.54, 1.807) is 0 Å². The summed E-state index contributed by atoms with van der Waals surface area (Å²) < 4.78 is 1.85. The van der Waals surface area contributed by atoms with Gasteiger partial charge in [0.05, 0.1) is 24.9 Å². The molecular weight excluding hydrogens is 240 g/mol. The van der Waals surface area contributed by atoms with Crippen molar-refractivity contribution in [2.24, 2.45) is 0 Å². The van der Waals surface area contributed by atoms with Crippen molar-refractivity contribution in [2.45, 2.75) is 39.5 Å². The van der Waals surface area contributed by atoms with Gasteiger partial charge in [0, 0.05) is 11.3 Å². The zero-order valence-electron chi connectivity index (χ0n) is 11.6. The number of nitrogens with zero attached hydrogens (tertiary/aromatic N) is 3. The van der Waals surface area contributed by atoms with Gasteiger partial charge >= 0.3 is 0 Å². The van der Waals surface area contributed by atoms with Crippen LogP contribution >= 0.6 is 0 Å². The molecule has 0 fully saturated rings. The van der Waals surface area contributed by atoms with Gasteiger partial charge in [-0.3, -0.25) is 0 Å². The molecule has 102 valence electrons. The van der Waals surface area contributed by atoms with Crippen LogP contribution in [0.1, 0.15) is 32.0 Å². The zero-order chi connectivity index (χ0) is 13.9. The van der Waals surface area contributed by atoms with Crippen molar-refractivity contribution in [2.75, 3.05) is 5.32 Å². The molecule has 5 nitrogen and oxygen atoms in total. The highest BCUT2D eigenvalue weighted by atomic mass is 16.3. The van der Waals surface area contributed by atoms with Crippen LogP contribution in [-0.4, -0.2) is 20.1 Å². The molecule has 0 aliphatic heterocycles. The number of hydrogen-bond donors (Lipinski definition) is 2. The van der Waals surface area contributed by atoms with Gasteiger partial charge in [-0.05, 0) is 26.8 Å². The predicted molar refractivity (Wildman–Crippen MR) is 74.7 cm³/mol. The molecule has 2 rings (SSSR count). The second-order valence-corrected chi connectivity index (χ2v) is 5.49. The van der Waals surface area contributed by atoms with E-state index < -0.39 is 0 Å². The minimum absolute atomic E-state index is 0.0256. The van der Waals surface area contributed by atoms with E-state index in [-0.39, 0.29) is 12.1 Å². The molecule has 1 heterocycles. The molecule has 1 aromatic carbocycles. The Kier molecular flexibility index (Phi) is 3.85. The molecule has 0 amide bonds. The molecule has 0 saturated carbocycles. The van der Waals surface area contributed by atoms with Gasteiger partial charge in [-0.1, -0.05) is 23.4 Å². The molecular formula is C14H20N4O. The largest absolute Gasteiger partial charge is 0.392 e. The zero-order valence-corrected chi connectivity index (χ0v) is 11.6. The fraction of sp³-hybridized carbons (Fsp3) is 0.429. The van der Waals surface area contributed by atoms with E-state index in [1.165, 1.54) is 0 Å². The third-order valence-corrected chi connectivity index (χ3v) is 2.88. The topological polar surface area (TPSA) is 63.0 Å². The number of benzene rings is 1. The summed E-state index contributed by atoms with van der Waals surface area (Å²) in [5.41, 5.74) is 2.62. The Bertz CT molecular complexity index is 542. The maximum absolute atomic E-state index is 9.25. The first kappa shape index (κ1) is 13.5. The van der Waals surface area contributed by atoms with Crippen LogP contribution in [-0.2, 0) is 18.7 Å². The molecule has 0 unspecified atom stereocenters. The van der Waals surface area contributed by atoms with Crippen molar-refractivity contribution in [3.8, 4) is 0 Å². The molecule has 5 heteroatoms. The second-order valence-electron chi connectivity index (χ2n) is 5.49. The summed E-state index contributed by atoms with van der Waals surface area (Å²) in [5.74, 6) is 0. The van der Waals surface area contributed by atoms with Gasteiger partial charge in [0.1, 0.15) is 5.69 Å². The standard InChI is InChI=1S/C14H20N4O/c1-14(2,3)18-9-12(16-17-18)8-15-13-7-5-4-6-11(13)10-19/h4-7,9,15,19H,8,10H2,1-3H3. The monoisotopic (exact) mass is 260 g/mol. The number of aromatic nitrogens is 3. The van der Waals surface area contributed by atoms with Crippen LogP contribution < -0.4 is 5.32 Å². The van der Waals surface area contributed by atoms with Gasteiger partial charge in [0.15, 0.2) is 0 Å². The first-order valence-corrected chi connectivity index (χ1v) is 6.35. The molecule has 19 heavy (non-hydrogen) atoms. The molecule has 2 N–H and O–H groups in total. The van der Waals surface area contributed by atoms with Crippen molar-refractivity contribution in [1.29, 1.82) is 0 Å². The SMILES string of the molecule is CC(C)(C)n1cc(CNc2ccccc2CO)nn1. The smallest absolute Gasteiger partial charge is 0.102 e. The summed E-state index contributed by atoms with van der Waals surface area (Å²) in [5, 5.41) is 20.8. The van der Waals surface area contributed by atoms with Crippen molar-refractivity contribution >= 4 is 5.69 Å². The van der Waals surface area contributed by atoms with Gasteiger partial charge in [-0.15, -0.1) is 5.10 Å². The van der Waals surface area contributed by atoms with E-state index in [0.717, 1.165) is 16.9 Å². The van der Waals surface area contributed by atoms with E-state index in [1.807, 2.05) is 35.1 Å². The summed E-state index contributed by atoms with van der Waals surface area (Å²) in [6, 6.07) is 7.69. The van der Waals surface area contributed by atoms with E-state index in [9.17, 15) is 5.11 Å². The fourth-order valence-electron chi connectivity index (χ4n) is 1.72. The number of para-hydroxylation sites is 1. The Morgan fingerprint density at radius 2 is 2.00 bits per heavy atom. The molecule has 0 radical (unpaired) electrons. The lowest BCUT2D eigenvalue weighted by Crippen LogP contribution is -2.22. The molecule has 0 aliphatic carbocycles. The van der Waals surface area contributed by atoms with Crippen molar-refractivity contribution in [1.82, 2.24) is 15.0 Å². The van der Waals surface area contributed by atoms with E-state index in [0.29, 0.717) is 6.54 Å². The third-order valence-electron chi connectivity index (χ3n) is 2.88. The van der Waals surface area contributed by atoms with Crippen LogP contribution in [0.2, 0.25) is 0 Å². The highest BCUT2D eigenvalue weighted by Gasteiger charge is 2.14. The Morgan fingerprint density at radius 3 is 2.63 bits per heavy atom. The number of aliphatic hydroxyl groups excluding tert-OH is 1. The van der Waals surface area contributed by atoms with Crippen LogP contribution in [0.5, 0.6) is 0 Å². The lowest BCUT2D eigenvalue weighted by atomic mass is 10.1. The average Bonchev–Trinajstić information content (AvgIpc) is 2.85. The number of hydrogen-bond acceptors (Lipinski definition) is 4. The van der Waals surface area contributed by atoms with Gasteiger partial charge in [-0.25, -0.2) is 4.68 Å². The van der Waals surface area contributed by atoms with Gasteiger partial charge in [0.2, 0.25) is 0 Å². The summed E-state index contributed by atoms with van der Waals surface area (Å²) in [6.45, 7) is 6.87. The molecule has 0 aliphatic rings. The average molecular weight is 260 g/mol. The number of anilines is 1. The summed E-state index contributed by atoms with van der Waals surface area (Å²) >= 11 is 0. The Hall–Kier alpha value is -1.88. The van der Waals surface area contributed by atoms with Crippen molar-refractivity contribution in [3.05, 3.63) is 41.7 Å². The number of nitrogens with one attached hydrogen (secondary N) is 1. The normalized spacial score (nSPS) is 11.6. The molecule has 0 atom stereocenters. The minimum Gasteiger partial charge on any atom is -0.392 e. The van der Waals surface area contributed by atoms with Gasteiger partial charge in [-0.2, -0.15) is 0 Å². The van der Waals surface area contributed by atoms with Crippen LogP contribution in [0.15, 0.2) is 30.5 Å². The molecule has 1 aromatic heterocycles. The highest BCUT2D eigenvalue weighted by molar-refractivity contribution is 5.50. The quantitative estimate of drug-likeness (QED) is 0.884.